The summed E-state index contributed by atoms with van der Waals surface area (Å²) in [7, 11) is 0. The highest BCUT2D eigenvalue weighted by molar-refractivity contribution is 6.00. The van der Waals surface area contributed by atoms with Gasteiger partial charge in [-0.2, -0.15) is 4.99 Å². The number of aliphatic imine (C=N–C) groups is 1. The number of carbonyl (C=O) groups excluding carboxylic acids is 1. The molecule has 13 heteroatoms. The molecular formula is C28H36F2N8O3. The van der Waals surface area contributed by atoms with Gasteiger partial charge < -0.3 is 31.1 Å². The van der Waals surface area contributed by atoms with Crippen molar-refractivity contribution in [1.29, 1.82) is 0 Å². The van der Waals surface area contributed by atoms with Gasteiger partial charge in [0, 0.05) is 26.2 Å². The third-order valence-corrected chi connectivity index (χ3v) is 8.27. The van der Waals surface area contributed by atoms with Crippen molar-refractivity contribution < 1.29 is 23.4 Å². The zero-order chi connectivity index (χ0) is 28.6. The van der Waals surface area contributed by atoms with Crippen LogP contribution in [0.5, 0.6) is 0 Å². The van der Waals surface area contributed by atoms with Gasteiger partial charge in [-0.15, -0.1) is 0 Å². The van der Waals surface area contributed by atoms with Gasteiger partial charge in [-0.05, 0) is 56.1 Å². The Labute approximate surface area is 236 Å². The number of imidazole rings is 1. The third kappa shape index (κ3) is 5.06. The Balaban J connectivity index is 1.60. The van der Waals surface area contributed by atoms with Crippen molar-refractivity contribution in [3.05, 3.63) is 53.6 Å². The number of benzene rings is 1. The Kier molecular flexibility index (Phi) is 7.88. The van der Waals surface area contributed by atoms with Crippen LogP contribution in [0.15, 0.2) is 52.8 Å². The first kappa shape index (κ1) is 27.9. The number of aliphatic hydroxyl groups is 1. The number of aromatic nitrogens is 2. The van der Waals surface area contributed by atoms with E-state index < -0.39 is 42.4 Å². The second-order valence-electron chi connectivity index (χ2n) is 10.7. The number of para-hydroxylation sites is 2. The molecule has 11 nitrogen and oxygen atoms in total. The number of rotatable bonds is 7. The summed E-state index contributed by atoms with van der Waals surface area (Å²) in [5, 5.41) is 18.8. The minimum Gasteiger partial charge on any atom is -0.378 e. The molecule has 0 radical (unpaired) electrons. The number of ketones is 1. The van der Waals surface area contributed by atoms with E-state index >= 15 is 0 Å². The minimum absolute atomic E-state index is 0.0123. The Hall–Kier alpha value is -3.23. The van der Waals surface area contributed by atoms with Gasteiger partial charge in [-0.25, -0.2) is 13.8 Å². The van der Waals surface area contributed by atoms with E-state index in [9.17, 15) is 18.7 Å². The number of fused-ring (bicyclic) bond motifs is 1. The van der Waals surface area contributed by atoms with Crippen LogP contribution in [0.3, 0.4) is 0 Å². The number of nitrogens with one attached hydrogen (secondary N) is 2. The summed E-state index contributed by atoms with van der Waals surface area (Å²) >= 11 is 0. The second kappa shape index (κ2) is 11.6. The molecule has 2 unspecified atom stereocenters. The molecule has 220 valence electrons. The normalized spacial score (nSPS) is 25.2. The smallest absolute Gasteiger partial charge is 0.296 e. The number of Topliss-reactive ketones (excluding diaryl/α,β-unsaturated/α-hetero) is 1. The zero-order valence-electron chi connectivity index (χ0n) is 22.8. The molecule has 0 saturated carbocycles. The number of ether oxygens (including phenoxy) is 1. The first-order chi connectivity index (χ1) is 19.9. The first-order valence-electron chi connectivity index (χ1n) is 14.2. The van der Waals surface area contributed by atoms with Crippen molar-refractivity contribution in [1.82, 2.24) is 30.0 Å². The van der Waals surface area contributed by atoms with Crippen LogP contribution in [0.2, 0.25) is 0 Å². The summed E-state index contributed by atoms with van der Waals surface area (Å²) in [4.78, 5) is 26.7. The molecule has 3 atom stereocenters. The molecule has 5 heterocycles. The lowest BCUT2D eigenvalue weighted by molar-refractivity contribution is -0.154. The average molecular weight is 571 g/mol. The summed E-state index contributed by atoms with van der Waals surface area (Å²) in [5.41, 5.74) is 5.69. The molecule has 0 bridgehead atoms. The maximum Gasteiger partial charge on any atom is 0.296 e. The summed E-state index contributed by atoms with van der Waals surface area (Å²) in [6.45, 7) is 3.60. The first-order valence-corrected chi connectivity index (χ1v) is 14.2. The monoisotopic (exact) mass is 570 g/mol. The van der Waals surface area contributed by atoms with Gasteiger partial charge in [0.15, 0.2) is 5.82 Å². The van der Waals surface area contributed by atoms with Gasteiger partial charge in [0.25, 0.3) is 6.43 Å². The summed E-state index contributed by atoms with van der Waals surface area (Å²) in [6, 6.07) is 5.50. The summed E-state index contributed by atoms with van der Waals surface area (Å²) in [6.07, 6.45) is 2.94. The van der Waals surface area contributed by atoms with E-state index in [1.807, 2.05) is 17.1 Å². The molecule has 2 saturated heterocycles. The van der Waals surface area contributed by atoms with E-state index in [1.54, 1.807) is 24.3 Å². The van der Waals surface area contributed by atoms with E-state index in [2.05, 4.69) is 15.6 Å². The zero-order valence-corrected chi connectivity index (χ0v) is 22.8. The Morgan fingerprint density at radius 2 is 2.05 bits per heavy atom. The van der Waals surface area contributed by atoms with Gasteiger partial charge in [-0.1, -0.05) is 18.2 Å². The van der Waals surface area contributed by atoms with Crippen molar-refractivity contribution >= 4 is 22.8 Å². The van der Waals surface area contributed by atoms with E-state index in [1.165, 1.54) is 9.47 Å². The Morgan fingerprint density at radius 3 is 2.73 bits per heavy atom. The van der Waals surface area contributed by atoms with E-state index in [4.69, 9.17) is 15.5 Å². The highest BCUT2D eigenvalue weighted by atomic mass is 19.3. The molecule has 5 N–H and O–H groups in total. The number of hydrogen-bond acceptors (Lipinski definition) is 10. The van der Waals surface area contributed by atoms with Gasteiger partial charge >= 0.3 is 0 Å². The van der Waals surface area contributed by atoms with Gasteiger partial charge in [-0.3, -0.25) is 14.3 Å². The van der Waals surface area contributed by atoms with Crippen LogP contribution >= 0.6 is 0 Å². The van der Waals surface area contributed by atoms with Crippen LogP contribution in [0.25, 0.3) is 11.0 Å². The van der Waals surface area contributed by atoms with Crippen molar-refractivity contribution in [2.24, 2.45) is 10.7 Å². The van der Waals surface area contributed by atoms with Gasteiger partial charge in [0.05, 0.1) is 36.3 Å². The SMILES string of the molecule is NCC(O)(C(=O)[C@@H]1CCCN1)N1C(n2c(C(F)F)nc3ccccc32)=NC(N2CCOCC2)=CC1C1=CCNCC1. The molecule has 0 spiro atoms. The van der Waals surface area contributed by atoms with Crippen LogP contribution in [-0.2, 0) is 9.53 Å². The number of halogens is 2. The molecule has 0 aliphatic carbocycles. The largest absolute Gasteiger partial charge is 0.378 e. The van der Waals surface area contributed by atoms with Crippen LogP contribution < -0.4 is 16.4 Å². The lowest BCUT2D eigenvalue weighted by Gasteiger charge is -2.48. The molecule has 1 aromatic carbocycles. The molecule has 6 rings (SSSR count). The van der Waals surface area contributed by atoms with Gasteiger partial charge in [0.1, 0.15) is 5.82 Å². The second-order valence-corrected chi connectivity index (χ2v) is 10.7. The standard InChI is InChI=1S/C28H36F2N8O3/c29-25(30)26-34-19-4-1-2-6-21(19)37(26)27-35-23(36-12-14-41-15-13-36)16-22(18-7-10-32-11-8-18)38(27)28(40,17-31)24(39)20-5-3-9-33-20/h1-2,4,6-7,16,20,22,25,32-33,40H,3,5,8-15,17,31H2/t20-,22?,28?/m0/s1. The summed E-state index contributed by atoms with van der Waals surface area (Å²) < 4.78 is 36.1. The average Bonchev–Trinajstić information content (AvgIpc) is 3.69. The molecule has 41 heavy (non-hydrogen) atoms. The minimum atomic E-state index is -2.94. The molecule has 1 aromatic heterocycles. The van der Waals surface area contributed by atoms with Crippen molar-refractivity contribution in [3.63, 3.8) is 0 Å². The number of nitrogens with zero attached hydrogens (tertiary/aromatic N) is 5. The highest BCUT2D eigenvalue weighted by Crippen LogP contribution is 2.35. The number of morpholine rings is 1. The Bertz CT molecular complexity index is 1380. The van der Waals surface area contributed by atoms with E-state index in [0.717, 1.165) is 12.0 Å². The molecule has 4 aliphatic rings. The van der Waals surface area contributed by atoms with Crippen molar-refractivity contribution in [2.45, 2.75) is 43.5 Å². The molecule has 4 aliphatic heterocycles. The lowest BCUT2D eigenvalue weighted by Crippen LogP contribution is -2.69. The van der Waals surface area contributed by atoms with Crippen molar-refractivity contribution in [3.8, 4) is 0 Å². The Morgan fingerprint density at radius 1 is 1.24 bits per heavy atom. The molecule has 2 aromatic rings. The van der Waals surface area contributed by atoms with E-state index in [0.29, 0.717) is 75.6 Å². The number of nitrogens with two attached hydrogens (primary N) is 1. The predicted octanol–water partition coefficient (Wildman–Crippen LogP) is 0.924. The van der Waals surface area contributed by atoms with Crippen LogP contribution in [0, 0.1) is 0 Å². The quantitative estimate of drug-likeness (QED) is 0.359. The number of alkyl halides is 2. The fraction of sp³-hybridized carbons (Fsp3) is 0.536. The number of carbonyl (C=O) groups is 1. The number of hydrogen-bond donors (Lipinski definition) is 4. The highest BCUT2D eigenvalue weighted by Gasteiger charge is 2.51. The topological polar surface area (TPSA) is 133 Å². The van der Waals surface area contributed by atoms with Gasteiger partial charge in [0.2, 0.25) is 17.5 Å². The van der Waals surface area contributed by atoms with Crippen LogP contribution in [0.1, 0.15) is 31.5 Å². The fourth-order valence-electron chi connectivity index (χ4n) is 6.14. The molecular weight excluding hydrogens is 534 g/mol. The maximum atomic E-state index is 14.7. The van der Waals surface area contributed by atoms with Crippen LogP contribution in [-0.4, -0.2) is 106 Å². The lowest BCUT2D eigenvalue weighted by atomic mass is 9.91. The molecule has 0 amide bonds. The molecule has 2 fully saturated rings. The fourth-order valence-corrected chi connectivity index (χ4v) is 6.14. The summed E-state index contributed by atoms with van der Waals surface area (Å²) in [5.74, 6) is -0.479. The van der Waals surface area contributed by atoms with Crippen molar-refractivity contribution in [2.75, 3.05) is 52.5 Å². The van der Waals surface area contributed by atoms with Crippen LogP contribution in [0.4, 0.5) is 8.78 Å². The van der Waals surface area contributed by atoms with E-state index in [-0.39, 0.29) is 5.96 Å². The maximum absolute atomic E-state index is 14.7. The predicted molar refractivity (Wildman–Crippen MR) is 149 cm³/mol. The third-order valence-electron chi connectivity index (χ3n) is 8.27.